The first-order valence-electron chi connectivity index (χ1n) is 7.81. The number of amides is 1. The van der Waals surface area contributed by atoms with Gasteiger partial charge in [0.2, 0.25) is 5.91 Å². The molecule has 0 unspecified atom stereocenters. The number of nitrogens with zero attached hydrogens (tertiary/aromatic N) is 2. The number of hydrogen-bond acceptors (Lipinski definition) is 4. The standard InChI is InChI=1S/C18H20ClN3O2/c1-22-17(23)9-16(18(22)12-4-3-7-20-10-12)21-11-13-8-14(24-2)5-6-15(13)19/h3-8,10,16,18,21H,9,11H2,1-2H3/t16-,18+/m1/s1. The number of aromatic nitrogens is 1. The highest BCUT2D eigenvalue weighted by Gasteiger charge is 2.38. The van der Waals surface area contributed by atoms with Gasteiger partial charge in [0, 0.05) is 43.5 Å². The first kappa shape index (κ1) is 16.7. The molecule has 1 saturated heterocycles. The molecule has 1 aliphatic heterocycles. The third-order valence-electron chi connectivity index (χ3n) is 4.42. The number of rotatable bonds is 5. The Balaban J connectivity index is 1.77. The predicted octanol–water partition coefficient (Wildman–Crippen LogP) is 2.81. The lowest BCUT2D eigenvalue weighted by Crippen LogP contribution is -2.34. The highest BCUT2D eigenvalue weighted by Crippen LogP contribution is 2.32. The third-order valence-corrected chi connectivity index (χ3v) is 4.79. The van der Waals surface area contributed by atoms with Gasteiger partial charge in [-0.3, -0.25) is 9.78 Å². The van der Waals surface area contributed by atoms with Crippen LogP contribution >= 0.6 is 11.6 Å². The summed E-state index contributed by atoms with van der Waals surface area (Å²) in [5, 5.41) is 4.15. The van der Waals surface area contributed by atoms with Crippen molar-refractivity contribution < 1.29 is 9.53 Å². The van der Waals surface area contributed by atoms with Crippen LogP contribution in [-0.2, 0) is 11.3 Å². The Morgan fingerprint density at radius 2 is 2.25 bits per heavy atom. The Kier molecular flexibility index (Phi) is 5.02. The van der Waals surface area contributed by atoms with Crippen molar-refractivity contribution in [3.63, 3.8) is 0 Å². The summed E-state index contributed by atoms with van der Waals surface area (Å²) in [5.41, 5.74) is 1.98. The lowest BCUT2D eigenvalue weighted by atomic mass is 10.0. The lowest BCUT2D eigenvalue weighted by molar-refractivity contribution is -0.127. The number of ether oxygens (including phenoxy) is 1. The van der Waals surface area contributed by atoms with Gasteiger partial charge < -0.3 is 15.0 Å². The molecule has 0 bridgehead atoms. The van der Waals surface area contributed by atoms with Crippen LogP contribution in [0, 0.1) is 0 Å². The van der Waals surface area contributed by atoms with Crippen LogP contribution in [0.1, 0.15) is 23.6 Å². The van der Waals surface area contributed by atoms with Crippen LogP contribution in [0.5, 0.6) is 5.75 Å². The zero-order valence-corrected chi connectivity index (χ0v) is 14.5. The summed E-state index contributed by atoms with van der Waals surface area (Å²) in [6.07, 6.45) is 4.00. The maximum atomic E-state index is 12.2. The van der Waals surface area contributed by atoms with Gasteiger partial charge in [0.25, 0.3) is 0 Å². The molecule has 126 valence electrons. The van der Waals surface area contributed by atoms with E-state index in [1.807, 2.05) is 43.6 Å². The molecule has 24 heavy (non-hydrogen) atoms. The normalized spacial score (nSPS) is 20.5. The van der Waals surface area contributed by atoms with Gasteiger partial charge in [0.1, 0.15) is 5.75 Å². The van der Waals surface area contributed by atoms with E-state index in [1.165, 1.54) is 0 Å². The van der Waals surface area contributed by atoms with E-state index < -0.39 is 0 Å². The van der Waals surface area contributed by atoms with Crippen molar-refractivity contribution in [3.8, 4) is 5.75 Å². The number of pyridine rings is 1. The Labute approximate surface area is 146 Å². The fourth-order valence-corrected chi connectivity index (χ4v) is 3.30. The van der Waals surface area contributed by atoms with Gasteiger partial charge in [0.05, 0.1) is 13.2 Å². The Morgan fingerprint density at radius 3 is 2.96 bits per heavy atom. The van der Waals surface area contributed by atoms with Crippen molar-refractivity contribution in [3.05, 3.63) is 58.9 Å². The molecule has 3 rings (SSSR count). The number of halogens is 1. The van der Waals surface area contributed by atoms with E-state index in [4.69, 9.17) is 16.3 Å². The summed E-state index contributed by atoms with van der Waals surface area (Å²) in [6.45, 7) is 0.568. The maximum Gasteiger partial charge on any atom is 0.224 e. The van der Waals surface area contributed by atoms with Crippen LogP contribution in [0.4, 0.5) is 0 Å². The van der Waals surface area contributed by atoms with E-state index in [-0.39, 0.29) is 18.0 Å². The van der Waals surface area contributed by atoms with E-state index in [0.717, 1.165) is 16.9 Å². The second-order valence-corrected chi connectivity index (χ2v) is 6.29. The van der Waals surface area contributed by atoms with Crippen LogP contribution in [-0.4, -0.2) is 36.0 Å². The Morgan fingerprint density at radius 1 is 1.42 bits per heavy atom. The molecule has 0 saturated carbocycles. The average Bonchev–Trinajstić information content (AvgIpc) is 2.89. The minimum atomic E-state index is -0.0319. The van der Waals surface area contributed by atoms with E-state index in [1.54, 1.807) is 18.2 Å². The van der Waals surface area contributed by atoms with Gasteiger partial charge in [-0.1, -0.05) is 17.7 Å². The van der Waals surface area contributed by atoms with Crippen molar-refractivity contribution in [2.24, 2.45) is 0 Å². The second-order valence-electron chi connectivity index (χ2n) is 5.88. The minimum absolute atomic E-state index is 0.00830. The summed E-state index contributed by atoms with van der Waals surface area (Å²) >= 11 is 6.27. The minimum Gasteiger partial charge on any atom is -0.497 e. The van der Waals surface area contributed by atoms with Crippen LogP contribution < -0.4 is 10.1 Å². The molecule has 1 amide bonds. The number of carbonyl (C=O) groups is 1. The fourth-order valence-electron chi connectivity index (χ4n) is 3.11. The molecule has 5 nitrogen and oxygen atoms in total. The number of carbonyl (C=O) groups excluding carboxylic acids is 1. The van der Waals surface area contributed by atoms with E-state index in [9.17, 15) is 4.79 Å². The molecule has 1 aromatic heterocycles. The van der Waals surface area contributed by atoms with Crippen molar-refractivity contribution >= 4 is 17.5 Å². The molecule has 2 atom stereocenters. The molecule has 0 spiro atoms. The highest BCUT2D eigenvalue weighted by atomic mass is 35.5. The van der Waals surface area contributed by atoms with E-state index >= 15 is 0 Å². The molecule has 2 aromatic rings. The molecule has 6 heteroatoms. The van der Waals surface area contributed by atoms with E-state index in [2.05, 4.69) is 10.3 Å². The third kappa shape index (κ3) is 3.37. The number of nitrogens with one attached hydrogen (secondary N) is 1. The topological polar surface area (TPSA) is 54.5 Å². The molecule has 1 aromatic carbocycles. The molecular weight excluding hydrogens is 326 g/mol. The van der Waals surface area contributed by atoms with E-state index in [0.29, 0.717) is 18.0 Å². The van der Waals surface area contributed by atoms with Crippen molar-refractivity contribution in [2.45, 2.75) is 25.0 Å². The van der Waals surface area contributed by atoms with Gasteiger partial charge in [-0.15, -0.1) is 0 Å². The highest BCUT2D eigenvalue weighted by molar-refractivity contribution is 6.31. The predicted molar refractivity (Wildman–Crippen MR) is 93.0 cm³/mol. The maximum absolute atomic E-state index is 12.2. The molecule has 0 aliphatic carbocycles. The summed E-state index contributed by atoms with van der Waals surface area (Å²) in [6, 6.07) is 9.43. The molecule has 1 N–H and O–H groups in total. The fraction of sp³-hybridized carbons (Fsp3) is 0.333. The number of benzene rings is 1. The van der Waals surface area contributed by atoms with Crippen LogP contribution in [0.15, 0.2) is 42.7 Å². The SMILES string of the molecule is COc1ccc(Cl)c(CN[C@@H]2CC(=O)N(C)[C@H]2c2cccnc2)c1. The van der Waals surface area contributed by atoms with Crippen molar-refractivity contribution in [2.75, 3.05) is 14.2 Å². The molecule has 2 heterocycles. The number of methoxy groups -OCH3 is 1. The van der Waals surface area contributed by atoms with Crippen LogP contribution in [0.3, 0.4) is 0 Å². The lowest BCUT2D eigenvalue weighted by Gasteiger charge is -2.26. The van der Waals surface area contributed by atoms with Crippen LogP contribution in [0.25, 0.3) is 0 Å². The van der Waals surface area contributed by atoms with Crippen molar-refractivity contribution in [1.29, 1.82) is 0 Å². The second kappa shape index (κ2) is 7.20. The summed E-state index contributed by atoms with van der Waals surface area (Å²) in [7, 11) is 3.46. The zero-order valence-electron chi connectivity index (χ0n) is 13.7. The first-order chi connectivity index (χ1) is 11.6. The van der Waals surface area contributed by atoms with Gasteiger partial charge in [-0.2, -0.15) is 0 Å². The summed E-state index contributed by atoms with van der Waals surface area (Å²) in [5.74, 6) is 0.887. The van der Waals surface area contributed by atoms with Gasteiger partial charge >= 0.3 is 0 Å². The van der Waals surface area contributed by atoms with Gasteiger partial charge in [-0.25, -0.2) is 0 Å². The molecule has 0 radical (unpaired) electrons. The Hall–Kier alpha value is -2.11. The van der Waals surface area contributed by atoms with Crippen LogP contribution in [0.2, 0.25) is 5.02 Å². The summed E-state index contributed by atoms with van der Waals surface area (Å²) in [4.78, 5) is 18.1. The number of likely N-dealkylation sites (N-methyl/N-ethyl adjacent to an activating group) is 1. The zero-order chi connectivity index (χ0) is 17.1. The number of hydrogen-bond donors (Lipinski definition) is 1. The first-order valence-corrected chi connectivity index (χ1v) is 8.19. The van der Waals surface area contributed by atoms with Gasteiger partial charge in [-0.05, 0) is 35.4 Å². The summed E-state index contributed by atoms with van der Waals surface area (Å²) < 4.78 is 5.25. The smallest absolute Gasteiger partial charge is 0.224 e. The van der Waals surface area contributed by atoms with Gasteiger partial charge in [0.15, 0.2) is 0 Å². The Bertz CT molecular complexity index is 723. The average molecular weight is 346 g/mol. The monoisotopic (exact) mass is 345 g/mol. The molecule has 1 aliphatic rings. The van der Waals surface area contributed by atoms with Crippen molar-refractivity contribution in [1.82, 2.24) is 15.2 Å². The number of likely N-dealkylation sites (tertiary alicyclic amines) is 1. The largest absolute Gasteiger partial charge is 0.497 e. The molecular formula is C18H20ClN3O2. The quantitative estimate of drug-likeness (QED) is 0.905. The molecule has 1 fully saturated rings.